The molecule has 150 valence electrons. The second-order valence-corrected chi connectivity index (χ2v) is 7.36. The number of rotatable bonds is 5. The number of nitrogens with zero attached hydrogens (tertiary/aromatic N) is 5. The lowest BCUT2D eigenvalue weighted by molar-refractivity contribution is 0.0745. The van der Waals surface area contributed by atoms with Gasteiger partial charge in [-0.25, -0.2) is 0 Å². The van der Waals surface area contributed by atoms with Gasteiger partial charge in [-0.15, -0.1) is 0 Å². The van der Waals surface area contributed by atoms with Crippen LogP contribution in [0.1, 0.15) is 46.2 Å². The maximum atomic E-state index is 13.2. The first kappa shape index (κ1) is 17.7. The van der Waals surface area contributed by atoms with Crippen LogP contribution in [0.5, 0.6) is 11.5 Å². The summed E-state index contributed by atoms with van der Waals surface area (Å²) < 4.78 is 17.9. The highest BCUT2D eigenvalue weighted by atomic mass is 16.5. The summed E-state index contributed by atoms with van der Waals surface area (Å²) in [4.78, 5) is 19.5. The van der Waals surface area contributed by atoms with Crippen LogP contribution < -0.4 is 9.47 Å². The monoisotopic (exact) mass is 395 g/mol. The van der Waals surface area contributed by atoms with Crippen molar-refractivity contribution < 1.29 is 18.8 Å². The van der Waals surface area contributed by atoms with E-state index in [1.165, 1.54) is 0 Å². The number of amides is 1. The van der Waals surface area contributed by atoms with Gasteiger partial charge in [-0.2, -0.15) is 10.1 Å². The van der Waals surface area contributed by atoms with Crippen LogP contribution in [-0.2, 0) is 20.1 Å². The third kappa shape index (κ3) is 2.93. The van der Waals surface area contributed by atoms with Gasteiger partial charge in [0.15, 0.2) is 11.5 Å². The van der Waals surface area contributed by atoms with E-state index >= 15 is 0 Å². The Bertz CT molecular complexity index is 1100. The van der Waals surface area contributed by atoms with Crippen LogP contribution in [0.2, 0.25) is 0 Å². The van der Waals surface area contributed by atoms with E-state index in [1.807, 2.05) is 7.05 Å². The standard InChI is InChI=1S/C20H21N5O4/c1-24-15-10-25(20(26)13-7-6-12(27-2)8-16(13)28-3)9-14(15)17(22-24)19-21-18(23-29-19)11-4-5-11/h6-8,11H,4-5,9-10H2,1-3H3. The Kier molecular flexibility index (Phi) is 4.04. The number of ether oxygens (including phenoxy) is 2. The fourth-order valence-corrected chi connectivity index (χ4v) is 3.69. The maximum Gasteiger partial charge on any atom is 0.278 e. The first-order valence-electron chi connectivity index (χ1n) is 9.49. The molecule has 9 heteroatoms. The summed E-state index contributed by atoms with van der Waals surface area (Å²) in [5.41, 5.74) is 3.05. The summed E-state index contributed by atoms with van der Waals surface area (Å²) in [5, 5.41) is 8.65. The van der Waals surface area contributed by atoms with Gasteiger partial charge >= 0.3 is 0 Å². The van der Waals surface area contributed by atoms with Gasteiger partial charge in [-0.3, -0.25) is 9.48 Å². The molecule has 29 heavy (non-hydrogen) atoms. The second kappa shape index (κ2) is 6.61. The van der Waals surface area contributed by atoms with Crippen molar-refractivity contribution in [1.82, 2.24) is 24.8 Å². The van der Waals surface area contributed by atoms with Crippen molar-refractivity contribution in [1.29, 1.82) is 0 Å². The van der Waals surface area contributed by atoms with Crippen molar-refractivity contribution in [2.45, 2.75) is 31.8 Å². The third-order valence-corrected chi connectivity index (χ3v) is 5.48. The van der Waals surface area contributed by atoms with Gasteiger partial charge < -0.3 is 18.9 Å². The summed E-state index contributed by atoms with van der Waals surface area (Å²) in [6.07, 6.45) is 2.20. The van der Waals surface area contributed by atoms with E-state index in [9.17, 15) is 4.79 Å². The van der Waals surface area contributed by atoms with E-state index in [-0.39, 0.29) is 5.91 Å². The average Bonchev–Trinajstić information content (AvgIpc) is 3.19. The molecular weight excluding hydrogens is 374 g/mol. The summed E-state index contributed by atoms with van der Waals surface area (Å²) in [6, 6.07) is 5.19. The zero-order chi connectivity index (χ0) is 20.1. The average molecular weight is 395 g/mol. The molecule has 0 saturated heterocycles. The van der Waals surface area contributed by atoms with Crippen LogP contribution in [0.3, 0.4) is 0 Å². The van der Waals surface area contributed by atoms with Crippen molar-refractivity contribution in [3.63, 3.8) is 0 Å². The molecule has 2 aliphatic rings. The van der Waals surface area contributed by atoms with E-state index in [0.717, 1.165) is 29.9 Å². The predicted molar refractivity (Wildman–Crippen MR) is 102 cm³/mol. The number of aryl methyl sites for hydroxylation is 1. The number of methoxy groups -OCH3 is 2. The first-order chi connectivity index (χ1) is 14.1. The van der Waals surface area contributed by atoms with E-state index < -0.39 is 0 Å². The molecule has 0 atom stereocenters. The first-order valence-corrected chi connectivity index (χ1v) is 9.49. The molecule has 0 unspecified atom stereocenters. The molecule has 2 aromatic heterocycles. The number of carbonyl (C=O) groups is 1. The summed E-state index contributed by atoms with van der Waals surface area (Å²) in [6.45, 7) is 0.879. The Morgan fingerprint density at radius 1 is 1.21 bits per heavy atom. The Labute approximate surface area is 167 Å². The molecule has 1 aliphatic carbocycles. The minimum Gasteiger partial charge on any atom is -0.497 e. The van der Waals surface area contributed by atoms with E-state index in [4.69, 9.17) is 14.0 Å². The molecule has 1 saturated carbocycles. The minimum absolute atomic E-state index is 0.115. The molecular formula is C20H21N5O4. The van der Waals surface area contributed by atoms with Crippen molar-refractivity contribution in [3.05, 3.63) is 40.8 Å². The third-order valence-electron chi connectivity index (χ3n) is 5.48. The molecule has 0 radical (unpaired) electrons. The Morgan fingerprint density at radius 3 is 2.76 bits per heavy atom. The molecule has 0 bridgehead atoms. The highest BCUT2D eigenvalue weighted by Gasteiger charge is 2.35. The fraction of sp³-hybridized carbons (Fsp3) is 0.400. The number of carbonyl (C=O) groups excluding carboxylic acids is 1. The molecule has 0 N–H and O–H groups in total. The van der Waals surface area contributed by atoms with E-state index in [2.05, 4.69) is 15.2 Å². The molecule has 9 nitrogen and oxygen atoms in total. The van der Waals surface area contributed by atoms with Crippen molar-refractivity contribution in [2.75, 3.05) is 14.2 Å². The SMILES string of the molecule is COc1ccc(C(=O)N2Cc3c(-c4nc(C5CC5)no4)nn(C)c3C2)c(OC)c1. The zero-order valence-corrected chi connectivity index (χ0v) is 16.5. The molecule has 0 spiro atoms. The lowest BCUT2D eigenvalue weighted by atomic mass is 10.1. The van der Waals surface area contributed by atoms with E-state index in [0.29, 0.717) is 47.7 Å². The molecule has 1 aromatic carbocycles. The van der Waals surface area contributed by atoms with Crippen LogP contribution >= 0.6 is 0 Å². The molecule has 1 amide bonds. The zero-order valence-electron chi connectivity index (χ0n) is 16.5. The van der Waals surface area contributed by atoms with Crippen molar-refractivity contribution >= 4 is 5.91 Å². The minimum atomic E-state index is -0.115. The summed E-state index contributed by atoms with van der Waals surface area (Å²) in [5.74, 6) is 2.57. The molecule has 1 aliphatic heterocycles. The van der Waals surface area contributed by atoms with Gasteiger partial charge in [-0.05, 0) is 25.0 Å². The van der Waals surface area contributed by atoms with E-state index in [1.54, 1.807) is 42.0 Å². The Morgan fingerprint density at radius 2 is 2.03 bits per heavy atom. The van der Waals surface area contributed by atoms with Gasteiger partial charge in [0.1, 0.15) is 11.5 Å². The largest absolute Gasteiger partial charge is 0.497 e. The van der Waals surface area contributed by atoms with Crippen molar-refractivity contribution in [2.24, 2.45) is 7.05 Å². The van der Waals surface area contributed by atoms with Crippen LogP contribution in [0, 0.1) is 0 Å². The van der Waals surface area contributed by atoms with Gasteiger partial charge in [0.25, 0.3) is 11.8 Å². The number of benzene rings is 1. The molecule has 1 fully saturated rings. The normalized spacial score (nSPS) is 15.5. The highest BCUT2D eigenvalue weighted by Crippen LogP contribution is 2.40. The number of aromatic nitrogens is 4. The van der Waals surface area contributed by atoms with Crippen LogP contribution in [0.4, 0.5) is 0 Å². The van der Waals surface area contributed by atoms with Crippen LogP contribution in [-0.4, -0.2) is 44.9 Å². The van der Waals surface area contributed by atoms with Gasteiger partial charge in [0.05, 0.1) is 38.6 Å². The predicted octanol–water partition coefficient (Wildman–Crippen LogP) is 2.52. The maximum absolute atomic E-state index is 13.2. The molecule has 3 heterocycles. The second-order valence-electron chi connectivity index (χ2n) is 7.36. The lowest BCUT2D eigenvalue weighted by Gasteiger charge is -2.18. The van der Waals surface area contributed by atoms with Crippen LogP contribution in [0.25, 0.3) is 11.6 Å². The summed E-state index contributed by atoms with van der Waals surface area (Å²) >= 11 is 0. The quantitative estimate of drug-likeness (QED) is 0.655. The lowest BCUT2D eigenvalue weighted by Crippen LogP contribution is -2.26. The number of hydrogen-bond acceptors (Lipinski definition) is 7. The topological polar surface area (TPSA) is 95.5 Å². The number of fused-ring (bicyclic) bond motifs is 1. The smallest absolute Gasteiger partial charge is 0.278 e. The highest BCUT2D eigenvalue weighted by molar-refractivity contribution is 5.97. The molecule has 3 aromatic rings. The van der Waals surface area contributed by atoms with Gasteiger partial charge in [0.2, 0.25) is 0 Å². The van der Waals surface area contributed by atoms with Crippen molar-refractivity contribution in [3.8, 4) is 23.1 Å². The number of hydrogen-bond donors (Lipinski definition) is 0. The Balaban J connectivity index is 1.43. The van der Waals surface area contributed by atoms with Crippen LogP contribution in [0.15, 0.2) is 22.7 Å². The Hall–Kier alpha value is -3.36. The van der Waals surface area contributed by atoms with Gasteiger partial charge in [0, 0.05) is 24.6 Å². The fourth-order valence-electron chi connectivity index (χ4n) is 3.69. The van der Waals surface area contributed by atoms with Gasteiger partial charge in [-0.1, -0.05) is 5.16 Å². The summed E-state index contributed by atoms with van der Waals surface area (Å²) in [7, 11) is 4.98. The molecule has 5 rings (SSSR count).